The monoisotopic (exact) mass is 300 g/mol. The number of carbonyl (C=O) groups is 2. The van der Waals surface area contributed by atoms with Crippen LogP contribution < -0.4 is 5.32 Å². The molecule has 0 bridgehead atoms. The van der Waals surface area contributed by atoms with Gasteiger partial charge >= 0.3 is 0 Å². The van der Waals surface area contributed by atoms with Gasteiger partial charge in [0.15, 0.2) is 0 Å². The van der Waals surface area contributed by atoms with E-state index in [9.17, 15) is 9.59 Å². The normalized spacial score (nSPS) is 22.2. The fourth-order valence-electron chi connectivity index (χ4n) is 2.59. The first kappa shape index (κ1) is 13.8. The Morgan fingerprint density at radius 1 is 1.19 bits per heavy atom. The highest BCUT2D eigenvalue weighted by Crippen LogP contribution is 2.27. The molecule has 5 heteroatoms. The fourth-order valence-corrected chi connectivity index (χ4v) is 3.25. The van der Waals surface area contributed by atoms with Gasteiger partial charge in [0.2, 0.25) is 11.8 Å². The van der Waals surface area contributed by atoms with E-state index in [2.05, 4.69) is 5.32 Å². The van der Waals surface area contributed by atoms with Crippen molar-refractivity contribution in [2.45, 2.75) is 25.6 Å². The fraction of sp³-hybridized carbons (Fsp3) is 0.250. The SMILES string of the molecule is CC1NC(=O)C(c2ccccc2)N(Cc2ccsc2)C1=O. The zero-order valence-corrected chi connectivity index (χ0v) is 12.5. The van der Waals surface area contributed by atoms with Crippen LogP contribution in [0, 0.1) is 0 Å². The molecule has 1 N–H and O–H groups in total. The van der Waals surface area contributed by atoms with Crippen molar-refractivity contribution >= 4 is 23.2 Å². The first-order valence-electron chi connectivity index (χ1n) is 6.83. The van der Waals surface area contributed by atoms with Crippen molar-refractivity contribution in [3.63, 3.8) is 0 Å². The van der Waals surface area contributed by atoms with Crippen LogP contribution in [0.2, 0.25) is 0 Å². The van der Waals surface area contributed by atoms with E-state index in [0.29, 0.717) is 6.54 Å². The van der Waals surface area contributed by atoms with E-state index in [-0.39, 0.29) is 11.8 Å². The molecule has 108 valence electrons. The average molecular weight is 300 g/mol. The molecular formula is C16H16N2O2S. The summed E-state index contributed by atoms with van der Waals surface area (Å²) in [5.74, 6) is -0.168. The van der Waals surface area contributed by atoms with E-state index >= 15 is 0 Å². The molecule has 2 unspecified atom stereocenters. The van der Waals surface area contributed by atoms with Crippen LogP contribution in [0.1, 0.15) is 24.1 Å². The molecule has 1 aromatic heterocycles. The first-order chi connectivity index (χ1) is 10.2. The van der Waals surface area contributed by atoms with Crippen LogP contribution in [0.3, 0.4) is 0 Å². The van der Waals surface area contributed by atoms with Crippen LogP contribution >= 0.6 is 11.3 Å². The van der Waals surface area contributed by atoms with Gasteiger partial charge in [0, 0.05) is 6.54 Å². The molecule has 1 aliphatic rings. The molecule has 1 fully saturated rings. The Kier molecular flexibility index (Phi) is 3.75. The van der Waals surface area contributed by atoms with Gasteiger partial charge in [-0.1, -0.05) is 30.3 Å². The van der Waals surface area contributed by atoms with E-state index in [0.717, 1.165) is 11.1 Å². The molecule has 0 radical (unpaired) electrons. The van der Waals surface area contributed by atoms with E-state index in [1.807, 2.05) is 47.2 Å². The number of thiophene rings is 1. The summed E-state index contributed by atoms with van der Waals surface area (Å²) in [7, 11) is 0. The molecule has 2 atom stereocenters. The van der Waals surface area contributed by atoms with Crippen LogP contribution in [-0.4, -0.2) is 22.8 Å². The minimum absolute atomic E-state index is 0.0466. The van der Waals surface area contributed by atoms with Gasteiger partial charge in [-0.05, 0) is 34.9 Å². The van der Waals surface area contributed by atoms with Gasteiger partial charge in [0.05, 0.1) is 0 Å². The lowest BCUT2D eigenvalue weighted by Crippen LogP contribution is -2.57. The van der Waals surface area contributed by atoms with Crippen LogP contribution in [0.5, 0.6) is 0 Å². The molecule has 0 aliphatic carbocycles. The third-order valence-corrected chi connectivity index (χ3v) is 4.35. The number of carbonyl (C=O) groups excluding carboxylic acids is 2. The number of benzene rings is 1. The van der Waals surface area contributed by atoms with Gasteiger partial charge in [-0.25, -0.2) is 0 Å². The zero-order chi connectivity index (χ0) is 14.8. The summed E-state index contributed by atoms with van der Waals surface area (Å²) in [6.07, 6.45) is 0. The number of amides is 2. The molecule has 0 saturated carbocycles. The smallest absolute Gasteiger partial charge is 0.248 e. The molecule has 4 nitrogen and oxygen atoms in total. The Hall–Kier alpha value is -2.14. The molecule has 21 heavy (non-hydrogen) atoms. The number of rotatable bonds is 3. The Morgan fingerprint density at radius 3 is 2.62 bits per heavy atom. The number of nitrogens with one attached hydrogen (secondary N) is 1. The quantitative estimate of drug-likeness (QED) is 0.946. The zero-order valence-electron chi connectivity index (χ0n) is 11.7. The second kappa shape index (κ2) is 5.69. The number of nitrogens with zero attached hydrogens (tertiary/aromatic N) is 1. The second-order valence-corrected chi connectivity index (χ2v) is 5.92. The van der Waals surface area contributed by atoms with Crippen LogP contribution in [0.15, 0.2) is 47.2 Å². The van der Waals surface area contributed by atoms with Gasteiger partial charge in [-0.2, -0.15) is 11.3 Å². The van der Waals surface area contributed by atoms with Crippen molar-refractivity contribution in [2.24, 2.45) is 0 Å². The number of hydrogen-bond acceptors (Lipinski definition) is 3. The molecule has 2 amide bonds. The van der Waals surface area contributed by atoms with E-state index in [4.69, 9.17) is 0 Å². The van der Waals surface area contributed by atoms with Gasteiger partial charge in [0.1, 0.15) is 12.1 Å². The highest BCUT2D eigenvalue weighted by Gasteiger charge is 2.39. The second-order valence-electron chi connectivity index (χ2n) is 5.14. The molecule has 2 aromatic rings. The molecule has 2 heterocycles. The highest BCUT2D eigenvalue weighted by atomic mass is 32.1. The first-order valence-corrected chi connectivity index (χ1v) is 7.78. The Labute approximate surface area is 127 Å². The van der Waals surface area contributed by atoms with E-state index in [1.54, 1.807) is 23.2 Å². The number of piperazine rings is 1. The largest absolute Gasteiger partial charge is 0.342 e. The van der Waals surface area contributed by atoms with Crippen molar-refractivity contribution in [2.75, 3.05) is 0 Å². The summed E-state index contributed by atoms with van der Waals surface area (Å²) in [5, 5.41) is 6.74. The third kappa shape index (κ3) is 2.69. The maximum absolute atomic E-state index is 12.5. The lowest BCUT2D eigenvalue weighted by molar-refractivity contribution is -0.149. The van der Waals surface area contributed by atoms with Crippen molar-refractivity contribution in [3.8, 4) is 0 Å². The molecule has 3 rings (SSSR count). The molecule has 1 aromatic carbocycles. The summed E-state index contributed by atoms with van der Waals surface area (Å²) in [6, 6.07) is 10.4. The summed E-state index contributed by atoms with van der Waals surface area (Å²) < 4.78 is 0. The molecule has 0 spiro atoms. The van der Waals surface area contributed by atoms with Crippen molar-refractivity contribution < 1.29 is 9.59 Å². The lowest BCUT2D eigenvalue weighted by atomic mass is 9.99. The Bertz CT molecular complexity index is 640. The predicted molar refractivity (Wildman–Crippen MR) is 81.7 cm³/mol. The summed E-state index contributed by atoms with van der Waals surface area (Å²) in [5.41, 5.74) is 1.89. The van der Waals surface area contributed by atoms with Crippen molar-refractivity contribution in [1.29, 1.82) is 0 Å². The van der Waals surface area contributed by atoms with Crippen LogP contribution in [0.25, 0.3) is 0 Å². The maximum atomic E-state index is 12.5. The van der Waals surface area contributed by atoms with E-state index < -0.39 is 12.1 Å². The van der Waals surface area contributed by atoms with Gasteiger partial charge < -0.3 is 10.2 Å². The van der Waals surface area contributed by atoms with E-state index in [1.165, 1.54) is 0 Å². The van der Waals surface area contributed by atoms with Crippen LogP contribution in [-0.2, 0) is 16.1 Å². The standard InChI is InChI=1S/C16H16N2O2S/c1-11-16(20)18(9-12-7-8-21-10-12)14(15(19)17-11)13-5-3-2-4-6-13/h2-8,10-11,14H,9H2,1H3,(H,17,19). The summed E-state index contributed by atoms with van der Waals surface area (Å²) in [4.78, 5) is 26.6. The lowest BCUT2D eigenvalue weighted by Gasteiger charge is -2.38. The Balaban J connectivity index is 1.96. The highest BCUT2D eigenvalue weighted by molar-refractivity contribution is 7.07. The minimum atomic E-state index is -0.560. The predicted octanol–water partition coefficient (Wildman–Crippen LogP) is 2.34. The van der Waals surface area contributed by atoms with Crippen molar-refractivity contribution in [1.82, 2.24) is 10.2 Å². The average Bonchev–Trinajstić information content (AvgIpc) is 2.98. The molecule has 1 aliphatic heterocycles. The minimum Gasteiger partial charge on any atom is -0.342 e. The molecule has 1 saturated heterocycles. The Morgan fingerprint density at radius 2 is 1.95 bits per heavy atom. The molecular weight excluding hydrogens is 284 g/mol. The van der Waals surface area contributed by atoms with Crippen molar-refractivity contribution in [3.05, 3.63) is 58.3 Å². The van der Waals surface area contributed by atoms with Gasteiger partial charge in [0.25, 0.3) is 0 Å². The van der Waals surface area contributed by atoms with Crippen LogP contribution in [0.4, 0.5) is 0 Å². The van der Waals surface area contributed by atoms with Gasteiger partial charge in [-0.3, -0.25) is 9.59 Å². The number of hydrogen-bond donors (Lipinski definition) is 1. The third-order valence-electron chi connectivity index (χ3n) is 3.62. The maximum Gasteiger partial charge on any atom is 0.248 e. The summed E-state index contributed by atoms with van der Waals surface area (Å²) in [6.45, 7) is 2.18. The van der Waals surface area contributed by atoms with Gasteiger partial charge in [-0.15, -0.1) is 0 Å². The topological polar surface area (TPSA) is 49.4 Å². The summed E-state index contributed by atoms with van der Waals surface area (Å²) >= 11 is 1.59.